The lowest BCUT2D eigenvalue weighted by molar-refractivity contribution is -0.131. The van der Waals surface area contributed by atoms with Gasteiger partial charge in [0.15, 0.2) is 23.2 Å². The summed E-state index contributed by atoms with van der Waals surface area (Å²) in [5.41, 5.74) is -0.963. The topological polar surface area (TPSA) is 311 Å². The number of halogens is 1. The van der Waals surface area contributed by atoms with Crippen molar-refractivity contribution in [2.24, 2.45) is 164 Å². The van der Waals surface area contributed by atoms with Crippen LogP contribution in [0.15, 0.2) is 0 Å². The van der Waals surface area contributed by atoms with E-state index >= 15 is 0 Å². The van der Waals surface area contributed by atoms with E-state index in [0.29, 0.717) is 76.2 Å². The number of nitrogens with zero attached hydrogens (tertiary/aromatic N) is 11. The van der Waals surface area contributed by atoms with Gasteiger partial charge in [0.25, 0.3) is 0 Å². The number of fused-ring (bicyclic) bond motifs is 20. The molecule has 0 radical (unpaired) electrons. The second kappa shape index (κ2) is 40.0. The molecule has 22 heteroatoms. The molecule has 6 N–H and O–H groups in total. The monoisotopic (exact) mass is 1750 g/mol. The summed E-state index contributed by atoms with van der Waals surface area (Å²) in [6.45, 7) is 25.7. The highest BCUT2D eigenvalue weighted by molar-refractivity contribution is 9.09. The molecule has 21 nitrogen and oxygen atoms in total. The number of aromatic nitrogens is 12. The first-order valence-electron chi connectivity index (χ1n) is 47.8. The van der Waals surface area contributed by atoms with E-state index in [9.17, 15) is 39.6 Å². The predicted molar refractivity (Wildman–Crippen MR) is 482 cm³/mol. The molecule has 121 heavy (non-hydrogen) atoms. The molecule has 0 bridgehead atoms. The predicted octanol–water partition coefficient (Wildman–Crippen LogP) is 19.9. The zero-order chi connectivity index (χ0) is 83.5. The van der Waals surface area contributed by atoms with Gasteiger partial charge >= 0.3 is 0 Å². The van der Waals surface area contributed by atoms with Crippen molar-refractivity contribution in [1.29, 1.82) is 0 Å². The van der Waals surface area contributed by atoms with Crippen LogP contribution in [-0.4, -0.2) is 145 Å². The summed E-state index contributed by atoms with van der Waals surface area (Å²) in [5.74, 6) is 20.6. The molecule has 0 spiro atoms. The van der Waals surface area contributed by atoms with E-state index in [2.05, 4.69) is 95.2 Å². The number of ketones is 4. The minimum Gasteiger partial charge on any atom is -0.400 e. The minimum absolute atomic E-state index is 0. The average molecular weight is 1750 g/mol. The number of alkyl halides is 1. The smallest absolute Gasteiger partial charge is 0.171 e. The highest BCUT2D eigenvalue weighted by Gasteiger charge is 2.63. The molecule has 19 rings (SSSR count). The summed E-state index contributed by atoms with van der Waals surface area (Å²) in [6.07, 6.45) is 47.8. The number of tetrazole rings is 3. The average Bonchev–Trinajstić information content (AvgIpc) is 1.56. The Kier molecular flexibility index (Phi) is 32.9. The van der Waals surface area contributed by atoms with Crippen LogP contribution in [0.1, 0.15) is 366 Å². The molecule has 3 heterocycles. The number of aromatic amines is 1. The van der Waals surface area contributed by atoms with Crippen LogP contribution in [0.25, 0.3) is 0 Å². The lowest BCUT2D eigenvalue weighted by Gasteiger charge is -2.54. The Morgan fingerprint density at radius 2 is 0.678 bits per heavy atom. The molecule has 16 saturated carbocycles. The molecule has 688 valence electrons. The van der Waals surface area contributed by atoms with E-state index in [1.54, 1.807) is 11.6 Å². The molecular formula is C99H171BrN12O9. The Labute approximate surface area is 739 Å². The van der Waals surface area contributed by atoms with Gasteiger partial charge in [0, 0.05) is 30.8 Å². The van der Waals surface area contributed by atoms with Crippen molar-refractivity contribution >= 4 is 39.1 Å². The normalized spacial score (nSPS) is 44.9. The number of H-pyrrole nitrogens is 1. The number of Topliss-reactive ketones (excluding diaryl/α,β-unsaturated/α-hetero) is 4. The number of carbonyl (C=O) groups excluding carboxylic acids is 4. The summed E-state index contributed by atoms with van der Waals surface area (Å²) >= 11 is 3.43. The second-order valence-electron chi connectivity index (χ2n) is 44.6. The van der Waals surface area contributed by atoms with Crippen molar-refractivity contribution in [3.05, 3.63) is 17.5 Å². The zero-order valence-electron chi connectivity index (χ0n) is 74.4. The molecule has 0 amide bonds. The molecule has 0 saturated heterocycles. The van der Waals surface area contributed by atoms with Gasteiger partial charge in [0.2, 0.25) is 0 Å². The van der Waals surface area contributed by atoms with E-state index in [4.69, 9.17) is 5.11 Å². The van der Waals surface area contributed by atoms with Crippen molar-refractivity contribution < 1.29 is 44.7 Å². The van der Waals surface area contributed by atoms with Crippen LogP contribution in [-0.2, 0) is 32.3 Å². The van der Waals surface area contributed by atoms with Gasteiger partial charge in [0.05, 0.1) is 27.7 Å². The highest BCUT2D eigenvalue weighted by Crippen LogP contribution is 2.70. The summed E-state index contributed by atoms with van der Waals surface area (Å²) in [5, 5.41) is 86.5. The van der Waals surface area contributed by atoms with Gasteiger partial charge in [-0.05, 0) is 468 Å². The molecule has 32 atom stereocenters. The summed E-state index contributed by atoms with van der Waals surface area (Å²) in [4.78, 5) is 52.7. The summed E-state index contributed by atoms with van der Waals surface area (Å²) in [7, 11) is 1.00. The van der Waals surface area contributed by atoms with E-state index in [0.717, 1.165) is 191 Å². The van der Waals surface area contributed by atoms with E-state index in [-0.39, 0.29) is 69.7 Å². The van der Waals surface area contributed by atoms with Crippen molar-refractivity contribution in [3.8, 4) is 0 Å². The molecule has 0 unspecified atom stereocenters. The number of aliphatic hydroxyl groups is 5. The van der Waals surface area contributed by atoms with Crippen LogP contribution in [0, 0.1) is 184 Å². The molecule has 16 aliphatic carbocycles. The van der Waals surface area contributed by atoms with Crippen LogP contribution in [0.4, 0.5) is 0 Å². The first kappa shape index (κ1) is 99.3. The molecule has 3 aromatic rings. The fraction of sp³-hybridized carbons (Fsp3) is 0.929. The molecule has 0 aliphatic heterocycles. The maximum atomic E-state index is 13.3. The maximum absolute atomic E-state index is 13.3. The first-order valence-corrected chi connectivity index (χ1v) is 48.9. The number of carbonyl (C=O) groups is 4. The van der Waals surface area contributed by atoms with Crippen LogP contribution >= 0.6 is 15.9 Å². The number of nitrogens with one attached hydrogen (secondary N) is 1. The summed E-state index contributed by atoms with van der Waals surface area (Å²) in [6, 6.07) is 0. The molecule has 3 aromatic heterocycles. The van der Waals surface area contributed by atoms with Gasteiger partial charge in [0.1, 0.15) is 30.5 Å². The van der Waals surface area contributed by atoms with E-state index < -0.39 is 22.4 Å². The quantitative estimate of drug-likeness (QED) is 0.108. The largest absolute Gasteiger partial charge is 0.400 e. The van der Waals surface area contributed by atoms with Crippen molar-refractivity contribution in [3.63, 3.8) is 0 Å². The molecular weight excluding hydrogens is 1580 g/mol. The van der Waals surface area contributed by atoms with E-state index in [1.807, 2.05) is 48.5 Å². The third-order valence-corrected chi connectivity index (χ3v) is 39.0. The Morgan fingerprint density at radius 3 is 0.959 bits per heavy atom. The van der Waals surface area contributed by atoms with Gasteiger partial charge in [-0.25, -0.2) is 4.68 Å². The van der Waals surface area contributed by atoms with E-state index in [1.165, 1.54) is 185 Å². The molecule has 16 fully saturated rings. The first-order chi connectivity index (χ1) is 55.6. The second-order valence-corrected chi connectivity index (χ2v) is 45.2. The Balaban J connectivity index is 0.000000163. The van der Waals surface area contributed by atoms with Gasteiger partial charge in [-0.2, -0.15) is 10.0 Å². The van der Waals surface area contributed by atoms with Gasteiger partial charge in [-0.15, -0.1) is 25.5 Å². The van der Waals surface area contributed by atoms with Crippen molar-refractivity contribution in [2.75, 3.05) is 12.4 Å². The third-order valence-electron chi connectivity index (χ3n) is 38.5. The molecule has 0 aromatic carbocycles. The number of aliphatic hydroxyl groups excluding tert-OH is 1. The van der Waals surface area contributed by atoms with Gasteiger partial charge in [-0.1, -0.05) is 78.5 Å². The van der Waals surface area contributed by atoms with Crippen LogP contribution in [0.2, 0.25) is 0 Å². The SMILES string of the molecule is C.C.C.C.CC(=O)[C@H]1CC[C@H]2[C@@H]3CC[C@H]4CC[C@](C)(O)CC[C@@H]4[C@H]3CC[C@]12C.CO.C[C@]1(O)CC[C@@H]2CC[C@@H]3[C@H](CC[C@]4(C)[C@@H](C(=O)CBr)CC[C@@H]34)[C@H]2CC1.Cc1nn[nH]n1.Cc1nnn(CC(=O)[C@H]2CC[C@H]3[C@@H]4CC[C@H]5CC[C@](C)(O)CC[C@@H]5[C@H]4CC[C@]23C)n1.Cc1nnnn1CC(=O)[C@H]1CC[C@H]2[C@@H]3CC[C@H]4CC[C@](C)(O)CC[C@@H]4[C@H]3CC[C@]12C. The summed E-state index contributed by atoms with van der Waals surface area (Å²) < 4.78 is 1.66. The minimum atomic E-state index is -0.464. The molecule has 16 aliphatic rings. The highest BCUT2D eigenvalue weighted by atomic mass is 79.9. The Bertz CT molecular complexity index is 3840. The number of rotatable bonds is 9. The zero-order valence-corrected chi connectivity index (χ0v) is 76.0. The lowest BCUT2D eigenvalue weighted by atomic mass is 9.50. The Hall–Kier alpha value is -3.83. The lowest BCUT2D eigenvalue weighted by Crippen LogP contribution is -2.48. The van der Waals surface area contributed by atoms with Crippen LogP contribution in [0.5, 0.6) is 0 Å². The maximum Gasteiger partial charge on any atom is 0.171 e. The number of hydrogen-bond acceptors (Lipinski definition) is 18. The fourth-order valence-corrected chi connectivity index (χ4v) is 32.8. The van der Waals surface area contributed by atoms with Crippen LogP contribution in [0.3, 0.4) is 0 Å². The standard InChI is InChI=1S/2C24H38N4O2.C22H35BrO2.C22H36O2.C2H4N4.CH4O.4CH4/c1-15-25-26-27-28(15)14-22(29)21-7-6-20-19-5-4-16-8-11-23(2,30)12-9-17(16)18(19)10-13-24(20,21)3;1-15-25-27-28(26-15)14-22(29)21-7-6-20-19-5-4-16-8-11-23(2,30)12-9-17(16)18(19)10-13-24(20,21)3;1-21(25)10-7-14-3-4-17-16(15(14)8-11-21)9-12-22(2)18(17)5-6-19(22)20(24)13-23;1-14(23)19-6-7-20-18-5-4-15-8-11-21(2,24)12-9-16(15)17(18)10-13-22(19,20)3;1-2-3-5-6-4-2;1-2;;;;/h2*16-21,30H,4-14H2,1-3H3;14-19,25H,3-13H2,1-2H3;15-20,24H,4-13H2,1-3H3;1H3,(H,3,4,5,6);2H,1H3;4*1H4/t2*16-,17-,18+,19+,20-,21+,23-,24-;14-,15-,16+,17+,18-,19+,21-,22-;15-,16-,17+,18+,19+,20-,21-,22+;;;;;;/m0000....../s1. The Morgan fingerprint density at radius 1 is 0.364 bits per heavy atom. The van der Waals surface area contributed by atoms with Crippen molar-refractivity contribution in [2.45, 2.75) is 405 Å². The van der Waals surface area contributed by atoms with Gasteiger partial charge < -0.3 is 25.5 Å². The number of hydrogen-bond donors (Lipinski definition) is 6. The van der Waals surface area contributed by atoms with Crippen LogP contribution < -0.4 is 0 Å². The number of aryl methyl sites for hydroxylation is 3. The fourth-order valence-electron chi connectivity index (χ4n) is 32.4. The van der Waals surface area contributed by atoms with Gasteiger partial charge in [-0.3, -0.25) is 19.2 Å². The van der Waals surface area contributed by atoms with Crippen molar-refractivity contribution in [1.82, 2.24) is 61.0 Å². The third kappa shape index (κ3) is 20.4.